The predicted octanol–water partition coefficient (Wildman–Crippen LogP) is 3.10. The van der Waals surface area contributed by atoms with E-state index >= 15 is 0 Å². The lowest BCUT2D eigenvalue weighted by molar-refractivity contribution is 0.0989. The van der Waals surface area contributed by atoms with E-state index in [9.17, 15) is 14.7 Å². The number of phenolic OH excluding ortho intramolecular Hbond substituents is 1. The number of hydrogen-bond donors (Lipinski definition) is 2. The van der Waals surface area contributed by atoms with Gasteiger partial charge in [0.1, 0.15) is 5.75 Å². The number of rotatable bonds is 5. The van der Waals surface area contributed by atoms with Crippen LogP contribution in [0.4, 0.5) is 0 Å². The largest absolute Gasteiger partial charge is 0.507 e. The van der Waals surface area contributed by atoms with Gasteiger partial charge in [-0.25, -0.2) is 0 Å². The first-order valence-electron chi connectivity index (χ1n) is 6.01. The van der Waals surface area contributed by atoms with Gasteiger partial charge in [-0.1, -0.05) is 12.1 Å². The highest BCUT2D eigenvalue weighted by atomic mass is 32.2. The van der Waals surface area contributed by atoms with Gasteiger partial charge in [-0.05, 0) is 30.4 Å². The van der Waals surface area contributed by atoms with Crippen molar-refractivity contribution in [3.8, 4) is 5.75 Å². The molecule has 0 aliphatic heterocycles. The van der Waals surface area contributed by atoms with Gasteiger partial charge in [-0.2, -0.15) is 12.6 Å². The molecule has 5 heteroatoms. The fourth-order valence-corrected chi connectivity index (χ4v) is 3.09. The number of phenols is 1. The number of Topliss-reactive ketones (excluding diaryl/α,β-unsaturated/α-hetero) is 1. The van der Waals surface area contributed by atoms with Gasteiger partial charge in [0.15, 0.2) is 5.78 Å². The maximum absolute atomic E-state index is 12.2. The van der Waals surface area contributed by atoms with Crippen LogP contribution in [0, 0.1) is 0 Å². The molecule has 1 aromatic rings. The smallest absolute Gasteiger partial charge is 0.203 e. The molecular formula is C14H14O3S2. The minimum absolute atomic E-state index is 0.127. The summed E-state index contributed by atoms with van der Waals surface area (Å²) >= 11 is 5.49. The molecular weight excluding hydrogens is 280 g/mol. The highest BCUT2D eigenvalue weighted by molar-refractivity contribution is 8.04. The lowest BCUT2D eigenvalue weighted by Gasteiger charge is -2.15. The molecule has 0 amide bonds. The van der Waals surface area contributed by atoms with Crippen LogP contribution in [0.1, 0.15) is 33.6 Å². The van der Waals surface area contributed by atoms with Gasteiger partial charge in [0.05, 0.1) is 10.5 Å². The summed E-state index contributed by atoms with van der Waals surface area (Å²) in [5.74, 6) is 0.980. The minimum Gasteiger partial charge on any atom is -0.507 e. The Morgan fingerprint density at radius 2 is 2.00 bits per heavy atom. The first kappa shape index (κ1) is 14.2. The first-order chi connectivity index (χ1) is 9.15. The summed E-state index contributed by atoms with van der Waals surface area (Å²) in [6.07, 6.45) is 3.30. The average Bonchev–Trinajstić information content (AvgIpc) is 2.40. The molecule has 0 unspecified atom stereocenters. The quantitative estimate of drug-likeness (QED) is 0.647. The van der Waals surface area contributed by atoms with Gasteiger partial charge in [0.2, 0.25) is 5.78 Å². The topological polar surface area (TPSA) is 54.4 Å². The maximum atomic E-state index is 12.2. The highest BCUT2D eigenvalue weighted by Gasteiger charge is 2.28. The van der Waals surface area contributed by atoms with Crippen molar-refractivity contribution >= 4 is 36.0 Å². The number of aromatic hydroxyl groups is 1. The Hall–Kier alpha value is -1.20. The van der Waals surface area contributed by atoms with Crippen LogP contribution in [0.2, 0.25) is 0 Å². The van der Waals surface area contributed by atoms with Crippen LogP contribution in [-0.4, -0.2) is 28.2 Å². The van der Waals surface area contributed by atoms with Crippen LogP contribution in [0.5, 0.6) is 5.75 Å². The van der Waals surface area contributed by atoms with Crippen LogP contribution < -0.4 is 0 Å². The van der Waals surface area contributed by atoms with Crippen molar-refractivity contribution in [3.63, 3.8) is 0 Å². The Bertz CT molecular complexity index is 550. The molecule has 1 aliphatic rings. The van der Waals surface area contributed by atoms with E-state index < -0.39 is 0 Å². The molecule has 0 radical (unpaired) electrons. The number of allylic oxidation sites excluding steroid dienone is 2. The zero-order valence-electron chi connectivity index (χ0n) is 10.3. The van der Waals surface area contributed by atoms with Gasteiger partial charge in [0.25, 0.3) is 0 Å². The molecule has 100 valence electrons. The Labute approximate surface area is 121 Å². The molecule has 0 atom stereocenters. The molecule has 0 heterocycles. The van der Waals surface area contributed by atoms with Gasteiger partial charge in [0, 0.05) is 11.6 Å². The van der Waals surface area contributed by atoms with Crippen molar-refractivity contribution < 1.29 is 14.7 Å². The Morgan fingerprint density at radius 1 is 1.21 bits per heavy atom. The molecule has 0 fully saturated rings. The van der Waals surface area contributed by atoms with E-state index in [2.05, 4.69) is 12.6 Å². The maximum Gasteiger partial charge on any atom is 0.203 e. The standard InChI is InChI=1S/C14H14O3S2/c15-10-5-3-4-9-11(16)8-12(14(17)13(9)10)19-7-2-1-6-18/h3-5,8,15,18H,1-2,6-7H2. The van der Waals surface area contributed by atoms with E-state index in [0.717, 1.165) is 24.3 Å². The average molecular weight is 294 g/mol. The normalized spacial score (nSPS) is 14.3. The van der Waals surface area contributed by atoms with Crippen LogP contribution in [0.3, 0.4) is 0 Å². The van der Waals surface area contributed by atoms with Crippen LogP contribution >= 0.6 is 24.4 Å². The van der Waals surface area contributed by atoms with Crippen molar-refractivity contribution in [2.45, 2.75) is 12.8 Å². The third kappa shape index (κ3) is 3.04. The molecule has 0 spiro atoms. The second-order valence-corrected chi connectivity index (χ2v) is 5.76. The van der Waals surface area contributed by atoms with Gasteiger partial charge in [-0.3, -0.25) is 9.59 Å². The summed E-state index contributed by atoms with van der Waals surface area (Å²) in [6, 6.07) is 4.56. The van der Waals surface area contributed by atoms with Crippen molar-refractivity contribution in [1.29, 1.82) is 0 Å². The van der Waals surface area contributed by atoms with Gasteiger partial charge >= 0.3 is 0 Å². The van der Waals surface area contributed by atoms with E-state index in [-0.39, 0.29) is 28.4 Å². The molecule has 3 nitrogen and oxygen atoms in total. The number of unbranched alkanes of at least 4 members (excludes halogenated alkanes) is 1. The second kappa shape index (κ2) is 6.30. The lowest BCUT2D eigenvalue weighted by Crippen LogP contribution is -2.15. The second-order valence-electron chi connectivity index (χ2n) is 4.18. The highest BCUT2D eigenvalue weighted by Crippen LogP contribution is 2.33. The summed E-state index contributed by atoms with van der Waals surface area (Å²) in [5, 5.41) is 9.75. The zero-order chi connectivity index (χ0) is 13.8. The molecule has 1 aromatic carbocycles. The van der Waals surface area contributed by atoms with Gasteiger partial charge < -0.3 is 5.11 Å². The summed E-state index contributed by atoms with van der Waals surface area (Å²) in [4.78, 5) is 24.6. The number of carbonyl (C=O) groups excluding carboxylic acids is 2. The van der Waals surface area contributed by atoms with E-state index in [4.69, 9.17) is 0 Å². The fraction of sp³-hybridized carbons (Fsp3) is 0.286. The van der Waals surface area contributed by atoms with Crippen molar-refractivity contribution in [2.24, 2.45) is 0 Å². The number of benzene rings is 1. The Kier molecular flexibility index (Phi) is 4.71. The number of fused-ring (bicyclic) bond motifs is 1. The Morgan fingerprint density at radius 3 is 2.74 bits per heavy atom. The van der Waals surface area contributed by atoms with Crippen molar-refractivity contribution in [1.82, 2.24) is 0 Å². The number of thiol groups is 1. The van der Waals surface area contributed by atoms with Gasteiger partial charge in [-0.15, -0.1) is 11.8 Å². The summed E-state index contributed by atoms with van der Waals surface area (Å²) < 4.78 is 0. The van der Waals surface area contributed by atoms with E-state index in [0.29, 0.717) is 4.91 Å². The minimum atomic E-state index is -0.261. The monoisotopic (exact) mass is 294 g/mol. The van der Waals surface area contributed by atoms with E-state index in [1.165, 1.54) is 23.9 Å². The van der Waals surface area contributed by atoms with E-state index in [1.54, 1.807) is 12.1 Å². The summed E-state index contributed by atoms with van der Waals surface area (Å²) in [7, 11) is 0. The number of ketones is 2. The molecule has 0 aromatic heterocycles. The molecule has 19 heavy (non-hydrogen) atoms. The van der Waals surface area contributed by atoms with Crippen LogP contribution in [0.15, 0.2) is 29.2 Å². The van der Waals surface area contributed by atoms with Crippen LogP contribution in [-0.2, 0) is 0 Å². The Balaban J connectivity index is 2.19. The third-order valence-corrected chi connectivity index (χ3v) is 4.25. The van der Waals surface area contributed by atoms with Crippen molar-refractivity contribution in [2.75, 3.05) is 11.5 Å². The zero-order valence-corrected chi connectivity index (χ0v) is 12.0. The molecule has 0 saturated carbocycles. The number of carbonyl (C=O) groups is 2. The number of hydrogen-bond acceptors (Lipinski definition) is 5. The fourth-order valence-electron chi connectivity index (χ4n) is 1.87. The van der Waals surface area contributed by atoms with E-state index in [1.807, 2.05) is 0 Å². The molecule has 0 saturated heterocycles. The summed E-state index contributed by atoms with van der Waals surface area (Å²) in [5.41, 5.74) is 0.413. The lowest BCUT2D eigenvalue weighted by atomic mass is 9.94. The molecule has 1 aliphatic carbocycles. The molecule has 1 N–H and O–H groups in total. The molecule has 0 bridgehead atoms. The van der Waals surface area contributed by atoms with Crippen molar-refractivity contribution in [3.05, 3.63) is 40.3 Å². The predicted molar refractivity (Wildman–Crippen MR) is 80.4 cm³/mol. The van der Waals surface area contributed by atoms with Crippen LogP contribution in [0.25, 0.3) is 0 Å². The SMILES string of the molecule is O=C1C=C(SCCCCS)C(=O)c2c(O)cccc21. The summed E-state index contributed by atoms with van der Waals surface area (Å²) in [6.45, 7) is 0. The third-order valence-electron chi connectivity index (χ3n) is 2.83. The molecule has 2 rings (SSSR count). The number of thioether (sulfide) groups is 1. The first-order valence-corrected chi connectivity index (χ1v) is 7.63.